The second-order valence-corrected chi connectivity index (χ2v) is 5.02. The third kappa shape index (κ3) is 4.99. The van der Waals surface area contributed by atoms with Gasteiger partial charge in [0.2, 0.25) is 0 Å². The Bertz CT molecular complexity index is 299. The second-order valence-electron chi connectivity index (χ2n) is 4.10. The fraction of sp³-hybridized carbons (Fsp3) is 0.538. The van der Waals surface area contributed by atoms with Crippen LogP contribution in [0.15, 0.2) is 28.7 Å². The number of hydrogen-bond donors (Lipinski definition) is 1. The van der Waals surface area contributed by atoms with Crippen molar-refractivity contribution in [2.24, 2.45) is 0 Å². The summed E-state index contributed by atoms with van der Waals surface area (Å²) in [5.41, 5.74) is 0. The molecular weight excluding hydrogens is 266 g/mol. The lowest BCUT2D eigenvalue weighted by Crippen LogP contribution is -2.34. The van der Waals surface area contributed by atoms with Crippen molar-refractivity contribution in [2.45, 2.75) is 39.3 Å². The molecule has 0 aliphatic heterocycles. The van der Waals surface area contributed by atoms with Crippen LogP contribution in [0, 0.1) is 0 Å². The maximum Gasteiger partial charge on any atom is 0.119 e. The smallest absolute Gasteiger partial charge is 0.119 e. The first-order valence-corrected chi connectivity index (χ1v) is 6.56. The monoisotopic (exact) mass is 285 g/mol. The Balaban J connectivity index is 2.33. The zero-order valence-electron chi connectivity index (χ0n) is 10.2. The first-order valence-electron chi connectivity index (χ1n) is 5.77. The van der Waals surface area contributed by atoms with Gasteiger partial charge in [-0.05, 0) is 44.5 Å². The van der Waals surface area contributed by atoms with E-state index in [0.29, 0.717) is 6.04 Å². The molecule has 0 amide bonds. The van der Waals surface area contributed by atoms with Crippen LogP contribution in [0.4, 0.5) is 0 Å². The molecular formula is C13H20BrNO. The van der Waals surface area contributed by atoms with Crippen molar-refractivity contribution in [3.63, 3.8) is 0 Å². The molecule has 0 radical (unpaired) electrons. The molecule has 2 nitrogen and oxygen atoms in total. The predicted octanol–water partition coefficient (Wildman–Crippen LogP) is 3.60. The molecule has 1 N–H and O–H groups in total. The lowest BCUT2D eigenvalue weighted by atomic mass is 10.2. The molecule has 0 heterocycles. The predicted molar refractivity (Wildman–Crippen MR) is 72.0 cm³/mol. The van der Waals surface area contributed by atoms with E-state index >= 15 is 0 Å². The quantitative estimate of drug-likeness (QED) is 0.862. The van der Waals surface area contributed by atoms with Crippen LogP contribution in [0.5, 0.6) is 5.75 Å². The third-order valence-corrected chi connectivity index (χ3v) is 3.05. The second kappa shape index (κ2) is 6.92. The highest BCUT2D eigenvalue weighted by Gasteiger charge is 2.05. The Morgan fingerprint density at radius 3 is 2.44 bits per heavy atom. The molecule has 0 aliphatic carbocycles. The molecule has 0 fully saturated rings. The highest BCUT2D eigenvalue weighted by Crippen LogP contribution is 2.17. The molecule has 3 heteroatoms. The number of hydrogen-bond acceptors (Lipinski definition) is 2. The van der Waals surface area contributed by atoms with E-state index in [-0.39, 0.29) is 6.10 Å². The zero-order valence-corrected chi connectivity index (χ0v) is 11.8. The van der Waals surface area contributed by atoms with Crippen molar-refractivity contribution in [3.8, 4) is 5.75 Å². The fourth-order valence-electron chi connectivity index (χ4n) is 1.30. The zero-order chi connectivity index (χ0) is 12.0. The average Bonchev–Trinajstić information content (AvgIpc) is 2.29. The highest BCUT2D eigenvalue weighted by molar-refractivity contribution is 9.10. The number of benzene rings is 1. The van der Waals surface area contributed by atoms with E-state index in [1.54, 1.807) is 0 Å². The molecule has 0 saturated heterocycles. The van der Waals surface area contributed by atoms with Gasteiger partial charge in [0.15, 0.2) is 0 Å². The van der Waals surface area contributed by atoms with Gasteiger partial charge in [0.25, 0.3) is 0 Å². The van der Waals surface area contributed by atoms with Gasteiger partial charge in [-0.15, -0.1) is 0 Å². The molecule has 2 atom stereocenters. The van der Waals surface area contributed by atoms with E-state index in [1.807, 2.05) is 24.3 Å². The molecule has 1 aromatic carbocycles. The molecule has 0 saturated carbocycles. The van der Waals surface area contributed by atoms with E-state index in [4.69, 9.17) is 4.74 Å². The molecule has 1 aromatic rings. The van der Waals surface area contributed by atoms with Gasteiger partial charge in [0.05, 0.1) is 0 Å². The van der Waals surface area contributed by atoms with E-state index in [1.165, 1.54) is 0 Å². The van der Waals surface area contributed by atoms with Gasteiger partial charge in [0, 0.05) is 17.1 Å². The summed E-state index contributed by atoms with van der Waals surface area (Å²) in [6.07, 6.45) is 1.33. The van der Waals surface area contributed by atoms with Crippen molar-refractivity contribution in [2.75, 3.05) is 6.54 Å². The lowest BCUT2D eigenvalue weighted by Gasteiger charge is -2.18. The minimum atomic E-state index is 0.190. The first kappa shape index (κ1) is 13.5. The van der Waals surface area contributed by atoms with Crippen LogP contribution in [0.25, 0.3) is 0 Å². The minimum Gasteiger partial charge on any atom is -0.489 e. The lowest BCUT2D eigenvalue weighted by molar-refractivity contribution is 0.212. The summed E-state index contributed by atoms with van der Waals surface area (Å²) in [5.74, 6) is 0.918. The van der Waals surface area contributed by atoms with E-state index in [9.17, 15) is 0 Å². The summed E-state index contributed by atoms with van der Waals surface area (Å²) < 4.78 is 6.86. The van der Waals surface area contributed by atoms with Crippen LogP contribution in [0.1, 0.15) is 27.2 Å². The SMILES string of the molecule is CCC(C)NCC(C)Oc1ccc(Br)cc1. The van der Waals surface area contributed by atoms with Crippen molar-refractivity contribution in [3.05, 3.63) is 28.7 Å². The topological polar surface area (TPSA) is 21.3 Å². The van der Waals surface area contributed by atoms with E-state index < -0.39 is 0 Å². The largest absolute Gasteiger partial charge is 0.489 e. The Morgan fingerprint density at radius 2 is 1.88 bits per heavy atom. The molecule has 0 aromatic heterocycles. The van der Waals surface area contributed by atoms with Crippen molar-refractivity contribution in [1.82, 2.24) is 5.32 Å². The van der Waals surface area contributed by atoms with Crippen LogP contribution in [-0.2, 0) is 0 Å². The fourth-order valence-corrected chi connectivity index (χ4v) is 1.56. The molecule has 0 spiro atoms. The van der Waals surface area contributed by atoms with Gasteiger partial charge >= 0.3 is 0 Å². The van der Waals surface area contributed by atoms with Gasteiger partial charge in [-0.3, -0.25) is 0 Å². The molecule has 1 rings (SSSR count). The van der Waals surface area contributed by atoms with Crippen LogP contribution >= 0.6 is 15.9 Å². The summed E-state index contributed by atoms with van der Waals surface area (Å²) in [7, 11) is 0. The van der Waals surface area contributed by atoms with Crippen LogP contribution < -0.4 is 10.1 Å². The van der Waals surface area contributed by atoms with Crippen LogP contribution in [0.2, 0.25) is 0 Å². The Morgan fingerprint density at radius 1 is 1.25 bits per heavy atom. The average molecular weight is 286 g/mol. The number of ether oxygens (including phenoxy) is 1. The third-order valence-electron chi connectivity index (χ3n) is 2.52. The highest BCUT2D eigenvalue weighted by atomic mass is 79.9. The number of nitrogens with one attached hydrogen (secondary N) is 1. The minimum absolute atomic E-state index is 0.190. The summed E-state index contributed by atoms with van der Waals surface area (Å²) in [5, 5.41) is 3.43. The summed E-state index contributed by atoms with van der Waals surface area (Å²) >= 11 is 3.40. The maximum absolute atomic E-state index is 5.78. The number of halogens is 1. The molecule has 2 unspecified atom stereocenters. The van der Waals surface area contributed by atoms with E-state index in [2.05, 4.69) is 42.0 Å². The Hall–Kier alpha value is -0.540. The van der Waals surface area contributed by atoms with Gasteiger partial charge < -0.3 is 10.1 Å². The molecule has 0 aliphatic rings. The van der Waals surface area contributed by atoms with Crippen molar-refractivity contribution in [1.29, 1.82) is 0 Å². The normalized spacial score (nSPS) is 14.5. The first-order chi connectivity index (χ1) is 7.61. The van der Waals surface area contributed by atoms with Gasteiger partial charge in [0.1, 0.15) is 11.9 Å². The summed E-state index contributed by atoms with van der Waals surface area (Å²) in [6.45, 7) is 7.33. The molecule has 0 bridgehead atoms. The standard InChI is InChI=1S/C13H20BrNO/c1-4-10(2)15-9-11(3)16-13-7-5-12(14)6-8-13/h5-8,10-11,15H,4,9H2,1-3H3. The molecule has 16 heavy (non-hydrogen) atoms. The maximum atomic E-state index is 5.78. The van der Waals surface area contributed by atoms with Crippen molar-refractivity contribution >= 4 is 15.9 Å². The van der Waals surface area contributed by atoms with Gasteiger partial charge in [-0.1, -0.05) is 22.9 Å². The Kier molecular flexibility index (Phi) is 5.85. The van der Waals surface area contributed by atoms with Gasteiger partial charge in [-0.2, -0.15) is 0 Å². The van der Waals surface area contributed by atoms with E-state index in [0.717, 1.165) is 23.2 Å². The van der Waals surface area contributed by atoms with Crippen molar-refractivity contribution < 1.29 is 4.74 Å². The Labute approximate surface area is 107 Å². The van der Waals surface area contributed by atoms with Gasteiger partial charge in [-0.25, -0.2) is 0 Å². The van der Waals surface area contributed by atoms with Crippen LogP contribution in [-0.4, -0.2) is 18.7 Å². The van der Waals surface area contributed by atoms with Crippen LogP contribution in [0.3, 0.4) is 0 Å². The number of rotatable bonds is 6. The summed E-state index contributed by atoms with van der Waals surface area (Å²) in [4.78, 5) is 0. The summed E-state index contributed by atoms with van der Waals surface area (Å²) in [6, 6.07) is 8.48. The molecule has 90 valence electrons.